The second kappa shape index (κ2) is 8.55. The fourth-order valence-electron chi connectivity index (χ4n) is 4.62. The van der Waals surface area contributed by atoms with Crippen LogP contribution in [0, 0.1) is 6.92 Å². The van der Waals surface area contributed by atoms with Gasteiger partial charge in [0.05, 0.1) is 16.7 Å². The van der Waals surface area contributed by atoms with Crippen LogP contribution in [0.4, 0.5) is 8.78 Å². The molecule has 1 aliphatic heterocycles. The monoisotopic (exact) mass is 467 g/mol. The third-order valence-electron chi connectivity index (χ3n) is 6.46. The Morgan fingerprint density at radius 2 is 1.97 bits per heavy atom. The number of halogens is 2. The molecule has 10 heteroatoms. The van der Waals surface area contributed by atoms with E-state index in [1.54, 1.807) is 19.2 Å². The number of rotatable bonds is 5. The van der Waals surface area contributed by atoms with E-state index in [0.29, 0.717) is 18.4 Å². The van der Waals surface area contributed by atoms with Crippen LogP contribution in [-0.4, -0.2) is 60.1 Å². The van der Waals surface area contributed by atoms with Crippen molar-refractivity contribution < 1.29 is 26.4 Å². The quantitative estimate of drug-likeness (QED) is 0.667. The Morgan fingerprint density at radius 1 is 1.25 bits per heavy atom. The molecule has 174 valence electrons. The molecule has 32 heavy (non-hydrogen) atoms. The topological polar surface area (TPSA) is 83.7 Å². The van der Waals surface area contributed by atoms with Gasteiger partial charge in [0.25, 0.3) is 0 Å². The molecule has 0 N–H and O–H groups in total. The van der Waals surface area contributed by atoms with Crippen LogP contribution in [0.1, 0.15) is 44.1 Å². The van der Waals surface area contributed by atoms with E-state index in [4.69, 9.17) is 4.42 Å². The number of nitrogens with zero attached hydrogens (tertiary/aromatic N) is 3. The average molecular weight is 468 g/mol. The van der Waals surface area contributed by atoms with Gasteiger partial charge in [-0.25, -0.2) is 22.2 Å². The second-order valence-electron chi connectivity index (χ2n) is 8.65. The minimum atomic E-state index is -4.02. The molecule has 2 fully saturated rings. The molecule has 0 spiro atoms. The first-order valence-corrected chi connectivity index (χ1v) is 12.2. The number of carbonyl (C=O) groups is 1. The first-order valence-electron chi connectivity index (χ1n) is 10.8. The van der Waals surface area contributed by atoms with Crippen molar-refractivity contribution in [1.82, 2.24) is 14.2 Å². The number of hydrogen-bond acceptors (Lipinski definition) is 5. The Balaban J connectivity index is 1.60. The van der Waals surface area contributed by atoms with Gasteiger partial charge in [0, 0.05) is 32.5 Å². The minimum Gasteiger partial charge on any atom is -0.444 e. The van der Waals surface area contributed by atoms with E-state index >= 15 is 0 Å². The van der Waals surface area contributed by atoms with E-state index in [-0.39, 0.29) is 55.0 Å². The molecule has 2 aliphatic rings. The van der Waals surface area contributed by atoms with Gasteiger partial charge < -0.3 is 9.32 Å². The molecule has 1 aliphatic carbocycles. The van der Waals surface area contributed by atoms with Crippen molar-refractivity contribution in [3.63, 3.8) is 0 Å². The van der Waals surface area contributed by atoms with Crippen molar-refractivity contribution in [2.24, 2.45) is 0 Å². The SMILES string of the molecule is Cc1ccc(S(=O)(=O)N2CCC[C@H]2C(=O)N(C)C2CCC(F)(F)CC2)c(-c2ncco2)c1. The minimum absolute atomic E-state index is 0.0326. The number of sulfonamides is 1. The molecular weight excluding hydrogens is 440 g/mol. The summed E-state index contributed by atoms with van der Waals surface area (Å²) in [4.78, 5) is 18.9. The van der Waals surface area contributed by atoms with Gasteiger partial charge in [0.15, 0.2) is 0 Å². The molecule has 1 aromatic carbocycles. The standard InChI is InChI=1S/C22H27F2N3O4S/c1-15-5-6-19(17(14-15)20-25-11-13-31-20)32(29,30)27-12-3-4-18(27)21(28)26(2)16-7-9-22(23,24)10-8-16/h5-6,11,13-14,16,18H,3-4,7-10,12H2,1-2H3/t18-/m0/s1. The van der Waals surface area contributed by atoms with Gasteiger partial charge in [-0.1, -0.05) is 11.6 Å². The molecule has 4 rings (SSSR count). The molecule has 1 atom stereocenters. The number of carbonyl (C=O) groups excluding carboxylic acids is 1. The average Bonchev–Trinajstić information content (AvgIpc) is 3.45. The Labute approximate surface area is 186 Å². The van der Waals surface area contributed by atoms with Gasteiger partial charge in [-0.3, -0.25) is 4.79 Å². The predicted octanol–water partition coefficient (Wildman–Crippen LogP) is 3.84. The van der Waals surface area contributed by atoms with Gasteiger partial charge in [-0.15, -0.1) is 0 Å². The van der Waals surface area contributed by atoms with Crippen LogP contribution in [0.2, 0.25) is 0 Å². The zero-order valence-electron chi connectivity index (χ0n) is 18.1. The Kier molecular flexibility index (Phi) is 6.10. The summed E-state index contributed by atoms with van der Waals surface area (Å²) >= 11 is 0. The van der Waals surface area contributed by atoms with Crippen LogP contribution in [0.3, 0.4) is 0 Å². The van der Waals surface area contributed by atoms with E-state index in [0.717, 1.165) is 5.56 Å². The van der Waals surface area contributed by atoms with E-state index in [9.17, 15) is 22.0 Å². The third kappa shape index (κ3) is 4.30. The molecule has 7 nitrogen and oxygen atoms in total. The van der Waals surface area contributed by atoms with Gasteiger partial charge in [0.2, 0.25) is 27.7 Å². The summed E-state index contributed by atoms with van der Waals surface area (Å²) in [6, 6.07) is 3.73. The van der Waals surface area contributed by atoms with Gasteiger partial charge in [-0.05, 0) is 44.7 Å². The Bertz CT molecular complexity index is 1080. The van der Waals surface area contributed by atoms with Crippen molar-refractivity contribution in [3.8, 4) is 11.5 Å². The highest BCUT2D eigenvalue weighted by molar-refractivity contribution is 7.89. The molecule has 0 radical (unpaired) electrons. The summed E-state index contributed by atoms with van der Waals surface area (Å²) in [6.45, 7) is 2.06. The summed E-state index contributed by atoms with van der Waals surface area (Å²) in [5, 5.41) is 0. The first-order chi connectivity index (χ1) is 15.1. The molecule has 1 aromatic heterocycles. The lowest BCUT2D eigenvalue weighted by molar-refractivity contribution is -0.138. The summed E-state index contributed by atoms with van der Waals surface area (Å²) in [6.07, 6.45) is 3.66. The van der Waals surface area contributed by atoms with E-state index in [1.807, 2.05) is 6.92 Å². The molecule has 1 saturated heterocycles. The number of oxazole rings is 1. The fourth-order valence-corrected chi connectivity index (χ4v) is 6.44. The maximum absolute atomic E-state index is 13.6. The number of likely N-dealkylation sites (N-methyl/N-ethyl adjacent to an activating group) is 1. The molecule has 0 bridgehead atoms. The number of aromatic nitrogens is 1. The highest BCUT2D eigenvalue weighted by Gasteiger charge is 2.44. The van der Waals surface area contributed by atoms with E-state index in [1.165, 1.54) is 27.7 Å². The molecule has 2 heterocycles. The lowest BCUT2D eigenvalue weighted by atomic mass is 9.91. The van der Waals surface area contributed by atoms with E-state index < -0.39 is 22.0 Å². The number of aryl methyl sites for hydroxylation is 1. The van der Waals surface area contributed by atoms with Gasteiger partial charge in [-0.2, -0.15) is 4.31 Å². The maximum Gasteiger partial charge on any atom is 0.248 e. The van der Waals surface area contributed by atoms with Crippen LogP contribution in [0.25, 0.3) is 11.5 Å². The van der Waals surface area contributed by atoms with Crippen molar-refractivity contribution in [2.45, 2.75) is 68.4 Å². The van der Waals surface area contributed by atoms with Crippen LogP contribution < -0.4 is 0 Å². The summed E-state index contributed by atoms with van der Waals surface area (Å²) in [7, 11) is -2.44. The Hall–Kier alpha value is -2.33. The van der Waals surface area contributed by atoms with Crippen molar-refractivity contribution in [3.05, 3.63) is 36.2 Å². The zero-order chi connectivity index (χ0) is 23.1. The van der Waals surface area contributed by atoms with Crippen LogP contribution in [-0.2, 0) is 14.8 Å². The van der Waals surface area contributed by atoms with Crippen molar-refractivity contribution in [1.29, 1.82) is 0 Å². The Morgan fingerprint density at radius 3 is 2.62 bits per heavy atom. The molecule has 1 amide bonds. The van der Waals surface area contributed by atoms with E-state index in [2.05, 4.69) is 4.98 Å². The van der Waals surface area contributed by atoms with Crippen LogP contribution in [0.15, 0.2) is 40.0 Å². The largest absolute Gasteiger partial charge is 0.444 e. The smallest absolute Gasteiger partial charge is 0.248 e. The summed E-state index contributed by atoms with van der Waals surface area (Å²) < 4.78 is 60.9. The second-order valence-corrected chi connectivity index (χ2v) is 10.5. The normalized spacial score (nSPS) is 22.2. The summed E-state index contributed by atoms with van der Waals surface area (Å²) in [5.74, 6) is -2.84. The molecular formula is C22H27F2N3O4S. The van der Waals surface area contributed by atoms with Crippen LogP contribution in [0.5, 0.6) is 0 Å². The third-order valence-corrected chi connectivity index (χ3v) is 8.42. The first kappa shape index (κ1) is 22.8. The predicted molar refractivity (Wildman–Crippen MR) is 114 cm³/mol. The van der Waals surface area contributed by atoms with Gasteiger partial charge in [0.1, 0.15) is 12.3 Å². The molecule has 2 aromatic rings. The molecule has 1 saturated carbocycles. The fraction of sp³-hybridized carbons (Fsp3) is 0.545. The highest BCUT2D eigenvalue weighted by atomic mass is 32.2. The maximum atomic E-state index is 13.6. The lowest BCUT2D eigenvalue weighted by Crippen LogP contribution is -2.50. The molecule has 0 unspecified atom stereocenters. The number of amides is 1. The lowest BCUT2D eigenvalue weighted by Gasteiger charge is -2.37. The highest BCUT2D eigenvalue weighted by Crippen LogP contribution is 2.37. The van der Waals surface area contributed by atoms with Gasteiger partial charge >= 0.3 is 0 Å². The van der Waals surface area contributed by atoms with Crippen LogP contribution >= 0.6 is 0 Å². The number of benzene rings is 1. The van der Waals surface area contributed by atoms with Crippen molar-refractivity contribution in [2.75, 3.05) is 13.6 Å². The zero-order valence-corrected chi connectivity index (χ0v) is 18.9. The number of alkyl halides is 2. The van der Waals surface area contributed by atoms with Crippen molar-refractivity contribution >= 4 is 15.9 Å². The summed E-state index contributed by atoms with van der Waals surface area (Å²) in [5.41, 5.74) is 1.19. The number of hydrogen-bond donors (Lipinski definition) is 0.